The van der Waals surface area contributed by atoms with E-state index in [1.165, 1.54) is 0 Å². The first-order valence-electron chi connectivity index (χ1n) is 6.08. The third-order valence-corrected chi connectivity index (χ3v) is 3.05. The van der Waals surface area contributed by atoms with Crippen LogP contribution in [0.5, 0.6) is 5.75 Å². The van der Waals surface area contributed by atoms with Crippen molar-refractivity contribution in [3.05, 3.63) is 29.8 Å². The number of carbonyl (C=O) groups is 1. The highest BCUT2D eigenvalue weighted by atomic mass is 16.5. The van der Waals surface area contributed by atoms with Gasteiger partial charge in [0, 0.05) is 18.2 Å². The number of carbonyl (C=O) groups excluding carboxylic acids is 1. The number of methoxy groups -OCH3 is 1. The Labute approximate surface area is 107 Å². The Morgan fingerprint density at radius 1 is 1.44 bits per heavy atom. The highest BCUT2D eigenvalue weighted by molar-refractivity contribution is 5.94. The van der Waals surface area contributed by atoms with Crippen molar-refractivity contribution in [3.63, 3.8) is 0 Å². The van der Waals surface area contributed by atoms with E-state index < -0.39 is 0 Å². The minimum absolute atomic E-state index is 0.00963. The van der Waals surface area contributed by atoms with Crippen molar-refractivity contribution in [2.75, 3.05) is 13.7 Å². The predicted octanol–water partition coefficient (Wildman–Crippen LogP) is 2.21. The van der Waals surface area contributed by atoms with Gasteiger partial charge in [-0.1, -0.05) is 0 Å². The van der Waals surface area contributed by atoms with Gasteiger partial charge < -0.3 is 9.64 Å². The molecule has 0 heterocycles. The van der Waals surface area contributed by atoms with Gasteiger partial charge >= 0.3 is 0 Å². The fourth-order valence-corrected chi connectivity index (χ4v) is 1.91. The van der Waals surface area contributed by atoms with Crippen LogP contribution < -0.4 is 4.74 Å². The van der Waals surface area contributed by atoms with Gasteiger partial charge in [-0.25, -0.2) is 0 Å². The van der Waals surface area contributed by atoms with Crippen LogP contribution in [0, 0.1) is 11.3 Å². The first kappa shape index (κ1) is 12.4. The van der Waals surface area contributed by atoms with Crippen LogP contribution in [0.15, 0.2) is 24.3 Å². The summed E-state index contributed by atoms with van der Waals surface area (Å²) in [5, 5.41) is 8.63. The summed E-state index contributed by atoms with van der Waals surface area (Å²) in [5.41, 5.74) is 0.653. The lowest BCUT2D eigenvalue weighted by Crippen LogP contribution is -2.33. The topological polar surface area (TPSA) is 53.3 Å². The zero-order valence-corrected chi connectivity index (χ0v) is 10.4. The predicted molar refractivity (Wildman–Crippen MR) is 67.3 cm³/mol. The molecule has 0 N–H and O–H groups in total. The van der Waals surface area contributed by atoms with E-state index in [0.29, 0.717) is 24.6 Å². The molecule has 1 aliphatic rings. The van der Waals surface area contributed by atoms with E-state index in [0.717, 1.165) is 18.6 Å². The molecule has 1 amide bonds. The molecule has 1 aromatic carbocycles. The van der Waals surface area contributed by atoms with E-state index >= 15 is 0 Å². The quantitative estimate of drug-likeness (QED) is 0.798. The molecule has 0 aromatic heterocycles. The van der Waals surface area contributed by atoms with E-state index in [1.807, 2.05) is 4.90 Å². The fourth-order valence-electron chi connectivity index (χ4n) is 1.91. The Bertz CT molecular complexity index is 458. The maximum absolute atomic E-state index is 12.3. The van der Waals surface area contributed by atoms with E-state index in [4.69, 9.17) is 10.00 Å². The number of nitrogens with zero attached hydrogens (tertiary/aromatic N) is 2. The molecule has 0 atom stereocenters. The Hall–Kier alpha value is -2.02. The second-order valence-corrected chi connectivity index (χ2v) is 4.37. The molecule has 2 rings (SSSR count). The third-order valence-electron chi connectivity index (χ3n) is 3.05. The number of hydrogen-bond acceptors (Lipinski definition) is 3. The average Bonchev–Trinajstić information content (AvgIpc) is 3.24. The number of hydrogen-bond donors (Lipinski definition) is 0. The first-order chi connectivity index (χ1) is 8.76. The molecule has 0 aliphatic heterocycles. The summed E-state index contributed by atoms with van der Waals surface area (Å²) in [7, 11) is 1.60. The SMILES string of the molecule is COc1ccc(C(=O)N(CCC#N)C2CC2)cc1. The summed E-state index contributed by atoms with van der Waals surface area (Å²) in [4.78, 5) is 14.1. The number of ether oxygens (including phenoxy) is 1. The van der Waals surface area contributed by atoms with Gasteiger partial charge in [0.05, 0.1) is 19.6 Å². The van der Waals surface area contributed by atoms with Crippen molar-refractivity contribution in [2.45, 2.75) is 25.3 Å². The third kappa shape index (κ3) is 2.80. The van der Waals surface area contributed by atoms with Gasteiger partial charge in [-0.05, 0) is 37.1 Å². The van der Waals surface area contributed by atoms with Crippen molar-refractivity contribution < 1.29 is 9.53 Å². The van der Waals surface area contributed by atoms with Gasteiger partial charge in [0.25, 0.3) is 5.91 Å². The molecule has 4 heteroatoms. The van der Waals surface area contributed by atoms with Gasteiger partial charge in [0.15, 0.2) is 0 Å². The maximum atomic E-state index is 12.3. The molecule has 0 saturated heterocycles. The molecule has 1 aromatic rings. The Balaban J connectivity index is 2.09. The zero-order valence-electron chi connectivity index (χ0n) is 10.4. The molecule has 18 heavy (non-hydrogen) atoms. The van der Waals surface area contributed by atoms with Crippen molar-refractivity contribution in [3.8, 4) is 11.8 Å². The van der Waals surface area contributed by atoms with Crippen LogP contribution in [0.25, 0.3) is 0 Å². The zero-order chi connectivity index (χ0) is 13.0. The highest BCUT2D eigenvalue weighted by Crippen LogP contribution is 2.28. The molecule has 0 unspecified atom stereocenters. The van der Waals surface area contributed by atoms with Crippen LogP contribution in [0.4, 0.5) is 0 Å². The Morgan fingerprint density at radius 3 is 2.61 bits per heavy atom. The van der Waals surface area contributed by atoms with Gasteiger partial charge in [-0.15, -0.1) is 0 Å². The molecule has 0 bridgehead atoms. The van der Waals surface area contributed by atoms with Crippen LogP contribution in [-0.4, -0.2) is 30.5 Å². The lowest BCUT2D eigenvalue weighted by Gasteiger charge is -2.21. The highest BCUT2D eigenvalue weighted by Gasteiger charge is 2.32. The minimum Gasteiger partial charge on any atom is -0.497 e. The van der Waals surface area contributed by atoms with Gasteiger partial charge in [0.1, 0.15) is 5.75 Å². The molecule has 1 aliphatic carbocycles. The molecule has 1 saturated carbocycles. The van der Waals surface area contributed by atoms with Crippen LogP contribution in [-0.2, 0) is 0 Å². The summed E-state index contributed by atoms with van der Waals surface area (Å²) < 4.78 is 5.07. The standard InChI is InChI=1S/C14H16N2O2/c1-18-13-7-3-11(4-8-13)14(17)16(10-2-9-15)12-5-6-12/h3-4,7-8,12H,2,5-6,10H2,1H3. The number of nitriles is 1. The normalized spacial score (nSPS) is 13.8. The van der Waals surface area contributed by atoms with Crippen molar-refractivity contribution >= 4 is 5.91 Å². The number of rotatable bonds is 5. The maximum Gasteiger partial charge on any atom is 0.254 e. The van der Waals surface area contributed by atoms with E-state index in [2.05, 4.69) is 6.07 Å². The Kier molecular flexibility index (Phi) is 3.83. The van der Waals surface area contributed by atoms with Gasteiger partial charge in [-0.2, -0.15) is 5.26 Å². The van der Waals surface area contributed by atoms with Crippen molar-refractivity contribution in [1.29, 1.82) is 5.26 Å². The molecular weight excluding hydrogens is 228 g/mol. The summed E-state index contributed by atoms with van der Waals surface area (Å²) in [6.45, 7) is 0.520. The van der Waals surface area contributed by atoms with Gasteiger partial charge in [0.2, 0.25) is 0 Å². The number of amides is 1. The molecule has 0 radical (unpaired) electrons. The monoisotopic (exact) mass is 244 g/mol. The van der Waals surface area contributed by atoms with E-state index in [9.17, 15) is 4.79 Å². The number of benzene rings is 1. The molecule has 0 spiro atoms. The second kappa shape index (κ2) is 5.54. The summed E-state index contributed by atoms with van der Waals surface area (Å²) >= 11 is 0. The molecule has 4 nitrogen and oxygen atoms in total. The smallest absolute Gasteiger partial charge is 0.254 e. The lowest BCUT2D eigenvalue weighted by molar-refractivity contribution is 0.0747. The molecule has 94 valence electrons. The van der Waals surface area contributed by atoms with Crippen LogP contribution in [0.3, 0.4) is 0 Å². The van der Waals surface area contributed by atoms with E-state index in [1.54, 1.807) is 31.4 Å². The molecular formula is C14H16N2O2. The van der Waals surface area contributed by atoms with Crippen molar-refractivity contribution in [1.82, 2.24) is 4.90 Å². The fraction of sp³-hybridized carbons (Fsp3) is 0.429. The lowest BCUT2D eigenvalue weighted by atomic mass is 10.2. The minimum atomic E-state index is 0.00963. The van der Waals surface area contributed by atoms with Crippen LogP contribution >= 0.6 is 0 Å². The van der Waals surface area contributed by atoms with E-state index in [-0.39, 0.29) is 5.91 Å². The Morgan fingerprint density at radius 2 is 2.11 bits per heavy atom. The van der Waals surface area contributed by atoms with Crippen LogP contribution in [0.1, 0.15) is 29.6 Å². The summed E-state index contributed by atoms with van der Waals surface area (Å²) in [6.07, 6.45) is 2.49. The second-order valence-electron chi connectivity index (χ2n) is 4.37. The van der Waals surface area contributed by atoms with Crippen molar-refractivity contribution in [2.24, 2.45) is 0 Å². The summed E-state index contributed by atoms with van der Waals surface area (Å²) in [5.74, 6) is 0.747. The molecule has 1 fully saturated rings. The summed E-state index contributed by atoms with van der Waals surface area (Å²) in [6, 6.07) is 9.51. The van der Waals surface area contributed by atoms with Crippen LogP contribution in [0.2, 0.25) is 0 Å². The average molecular weight is 244 g/mol. The van der Waals surface area contributed by atoms with Gasteiger partial charge in [-0.3, -0.25) is 4.79 Å². The first-order valence-corrected chi connectivity index (χ1v) is 6.08. The largest absolute Gasteiger partial charge is 0.497 e.